The van der Waals surface area contributed by atoms with Crippen LogP contribution < -0.4 is 15.0 Å². The first-order chi connectivity index (χ1) is 16.5. The van der Waals surface area contributed by atoms with Gasteiger partial charge in [-0.15, -0.1) is 11.3 Å². The first-order valence-electron chi connectivity index (χ1n) is 11.8. The van der Waals surface area contributed by atoms with Gasteiger partial charge in [0.25, 0.3) is 0 Å². The summed E-state index contributed by atoms with van der Waals surface area (Å²) in [7, 11) is 1.61. The van der Waals surface area contributed by atoms with E-state index >= 15 is 0 Å². The van der Waals surface area contributed by atoms with Gasteiger partial charge in [0.1, 0.15) is 11.8 Å². The molecule has 4 rings (SSSR count). The van der Waals surface area contributed by atoms with E-state index in [9.17, 15) is 9.59 Å². The summed E-state index contributed by atoms with van der Waals surface area (Å²) in [5.41, 5.74) is 3.56. The van der Waals surface area contributed by atoms with Gasteiger partial charge in [-0.2, -0.15) is 0 Å². The van der Waals surface area contributed by atoms with Crippen molar-refractivity contribution in [2.75, 3.05) is 12.0 Å². The van der Waals surface area contributed by atoms with Crippen molar-refractivity contribution in [3.63, 3.8) is 0 Å². The van der Waals surface area contributed by atoms with Crippen LogP contribution in [0.3, 0.4) is 0 Å². The molecule has 6 heteroatoms. The molecule has 2 aromatic carbocycles. The monoisotopic (exact) mass is 476 g/mol. The summed E-state index contributed by atoms with van der Waals surface area (Å²) in [6.07, 6.45) is 4.42. The van der Waals surface area contributed by atoms with Crippen molar-refractivity contribution in [3.05, 3.63) is 81.5 Å². The predicted molar refractivity (Wildman–Crippen MR) is 138 cm³/mol. The molecule has 1 atom stereocenters. The van der Waals surface area contributed by atoms with E-state index in [1.165, 1.54) is 0 Å². The molecule has 0 radical (unpaired) electrons. The van der Waals surface area contributed by atoms with E-state index in [0.29, 0.717) is 5.75 Å². The molecule has 178 valence electrons. The van der Waals surface area contributed by atoms with Gasteiger partial charge in [0, 0.05) is 16.6 Å². The third-order valence-corrected chi connectivity index (χ3v) is 7.50. The topological polar surface area (TPSA) is 58.6 Å². The average Bonchev–Trinajstić information content (AvgIpc) is 3.54. The van der Waals surface area contributed by atoms with Crippen LogP contribution in [0.5, 0.6) is 5.75 Å². The largest absolute Gasteiger partial charge is 0.497 e. The number of thiophene rings is 1. The number of nitrogens with zero attached hydrogens (tertiary/aromatic N) is 1. The highest BCUT2D eigenvalue weighted by atomic mass is 32.1. The molecule has 1 N–H and O–H groups in total. The molecule has 1 heterocycles. The zero-order valence-electron chi connectivity index (χ0n) is 20.0. The number of amides is 2. The lowest BCUT2D eigenvalue weighted by Crippen LogP contribution is -2.47. The van der Waals surface area contributed by atoms with Crippen molar-refractivity contribution in [3.8, 4) is 5.75 Å². The molecule has 0 saturated heterocycles. The van der Waals surface area contributed by atoms with Crippen molar-refractivity contribution in [1.82, 2.24) is 5.32 Å². The molecule has 0 unspecified atom stereocenters. The highest BCUT2D eigenvalue weighted by Crippen LogP contribution is 2.34. The van der Waals surface area contributed by atoms with E-state index in [0.717, 1.165) is 52.9 Å². The Balaban J connectivity index is 1.82. The van der Waals surface area contributed by atoms with Crippen LogP contribution in [0.4, 0.5) is 5.69 Å². The third kappa shape index (κ3) is 5.33. The Kier molecular flexibility index (Phi) is 7.68. The van der Waals surface area contributed by atoms with Gasteiger partial charge in [0.05, 0.1) is 13.5 Å². The van der Waals surface area contributed by atoms with Crippen LogP contribution >= 0.6 is 11.3 Å². The Hall–Kier alpha value is -3.12. The minimum absolute atomic E-state index is 0.106. The lowest BCUT2D eigenvalue weighted by molar-refractivity contribution is -0.127. The van der Waals surface area contributed by atoms with Crippen LogP contribution in [-0.4, -0.2) is 25.0 Å². The van der Waals surface area contributed by atoms with E-state index in [2.05, 4.69) is 5.32 Å². The number of anilines is 1. The summed E-state index contributed by atoms with van der Waals surface area (Å²) in [5.74, 6) is 0.397. The normalized spacial score (nSPS) is 14.6. The van der Waals surface area contributed by atoms with Crippen molar-refractivity contribution in [2.45, 2.75) is 58.0 Å². The van der Waals surface area contributed by atoms with Crippen LogP contribution in [0, 0.1) is 13.8 Å². The Morgan fingerprint density at radius 2 is 1.85 bits per heavy atom. The molecule has 1 fully saturated rings. The predicted octanol–water partition coefficient (Wildman–Crippen LogP) is 5.75. The maximum atomic E-state index is 13.9. The lowest BCUT2D eigenvalue weighted by atomic mass is 9.99. The van der Waals surface area contributed by atoms with Crippen LogP contribution in [0.1, 0.15) is 53.3 Å². The first-order valence-corrected chi connectivity index (χ1v) is 12.7. The third-order valence-electron chi connectivity index (χ3n) is 6.63. The molecule has 1 aromatic heterocycles. The Morgan fingerprint density at radius 3 is 2.56 bits per heavy atom. The maximum absolute atomic E-state index is 13.9. The van der Waals surface area contributed by atoms with Gasteiger partial charge in [-0.1, -0.05) is 43.2 Å². The van der Waals surface area contributed by atoms with Crippen LogP contribution in [-0.2, 0) is 16.0 Å². The maximum Gasteiger partial charge on any atom is 0.248 e. The molecule has 5 nitrogen and oxygen atoms in total. The van der Waals surface area contributed by atoms with Gasteiger partial charge < -0.3 is 10.1 Å². The highest BCUT2D eigenvalue weighted by molar-refractivity contribution is 7.10. The Morgan fingerprint density at radius 1 is 1.09 bits per heavy atom. The lowest BCUT2D eigenvalue weighted by Gasteiger charge is -2.34. The SMILES string of the molecule is COc1cccc([C@H](C(=O)NC2CCCC2)N(C(=O)Cc2cccs2)c2cccc(C)c2C)c1. The summed E-state index contributed by atoms with van der Waals surface area (Å²) in [5, 5.41) is 5.21. The van der Waals surface area contributed by atoms with E-state index in [1.54, 1.807) is 23.3 Å². The molecule has 0 aliphatic heterocycles. The fraction of sp³-hybridized carbons (Fsp3) is 0.357. The van der Waals surface area contributed by atoms with Crippen LogP contribution in [0.2, 0.25) is 0 Å². The summed E-state index contributed by atoms with van der Waals surface area (Å²) in [4.78, 5) is 30.4. The van der Waals surface area contributed by atoms with Crippen molar-refractivity contribution in [2.24, 2.45) is 0 Å². The van der Waals surface area contributed by atoms with Gasteiger partial charge in [-0.05, 0) is 73.0 Å². The second-order valence-electron chi connectivity index (χ2n) is 8.91. The molecule has 0 spiro atoms. The molecule has 2 amide bonds. The minimum atomic E-state index is -0.802. The van der Waals surface area contributed by atoms with Gasteiger partial charge in [-0.3, -0.25) is 14.5 Å². The molecule has 3 aromatic rings. The quantitative estimate of drug-likeness (QED) is 0.450. The van der Waals surface area contributed by atoms with Crippen molar-refractivity contribution >= 4 is 28.8 Å². The number of hydrogen-bond donors (Lipinski definition) is 1. The zero-order chi connectivity index (χ0) is 24.1. The van der Waals surface area contributed by atoms with E-state index in [1.807, 2.05) is 73.8 Å². The molecule has 1 aliphatic rings. The number of carbonyl (C=O) groups is 2. The number of methoxy groups -OCH3 is 1. The average molecular weight is 477 g/mol. The van der Waals surface area contributed by atoms with Gasteiger partial charge >= 0.3 is 0 Å². The molecule has 1 saturated carbocycles. The summed E-state index contributed by atoms with van der Waals surface area (Å²) in [6.45, 7) is 4.04. The van der Waals surface area contributed by atoms with E-state index in [4.69, 9.17) is 4.74 Å². The number of benzene rings is 2. The number of nitrogens with one attached hydrogen (secondary N) is 1. The second kappa shape index (κ2) is 10.9. The smallest absolute Gasteiger partial charge is 0.248 e. The number of aryl methyl sites for hydroxylation is 1. The van der Waals surface area contributed by atoms with Crippen molar-refractivity contribution in [1.29, 1.82) is 0 Å². The van der Waals surface area contributed by atoms with Crippen molar-refractivity contribution < 1.29 is 14.3 Å². The number of hydrogen-bond acceptors (Lipinski definition) is 4. The van der Waals surface area contributed by atoms with E-state index in [-0.39, 0.29) is 24.3 Å². The number of rotatable bonds is 8. The summed E-state index contributed by atoms with van der Waals surface area (Å²) in [6, 6.07) is 16.6. The Bertz CT molecular complexity index is 1140. The second-order valence-corrected chi connectivity index (χ2v) is 9.94. The van der Waals surface area contributed by atoms with Crippen LogP contribution in [0.15, 0.2) is 60.0 Å². The summed E-state index contributed by atoms with van der Waals surface area (Å²) < 4.78 is 5.46. The Labute approximate surface area is 205 Å². The number of ether oxygens (including phenoxy) is 1. The fourth-order valence-corrected chi connectivity index (χ4v) is 5.34. The molecule has 1 aliphatic carbocycles. The standard InChI is InChI=1S/C28H32N2O3S/c1-19-9-6-15-25(20(19)2)30(26(31)18-24-14-8-16-34-24)27(21-10-7-13-23(17-21)33-3)28(32)29-22-11-4-5-12-22/h6-10,13-17,22,27H,4-5,11-12,18H2,1-3H3,(H,29,32)/t27-/m1/s1. The fourth-order valence-electron chi connectivity index (χ4n) is 4.64. The number of carbonyl (C=O) groups excluding carboxylic acids is 2. The van der Waals surface area contributed by atoms with Gasteiger partial charge in [0.15, 0.2) is 0 Å². The minimum Gasteiger partial charge on any atom is -0.497 e. The molecular weight excluding hydrogens is 444 g/mol. The first kappa shape index (κ1) is 24.0. The highest BCUT2D eigenvalue weighted by Gasteiger charge is 2.35. The summed E-state index contributed by atoms with van der Waals surface area (Å²) >= 11 is 1.55. The zero-order valence-corrected chi connectivity index (χ0v) is 20.9. The van der Waals surface area contributed by atoms with Crippen LogP contribution in [0.25, 0.3) is 0 Å². The van der Waals surface area contributed by atoms with Gasteiger partial charge in [-0.25, -0.2) is 0 Å². The van der Waals surface area contributed by atoms with E-state index < -0.39 is 6.04 Å². The molecule has 0 bridgehead atoms. The van der Waals surface area contributed by atoms with Gasteiger partial charge in [0.2, 0.25) is 11.8 Å². The molecule has 34 heavy (non-hydrogen) atoms. The molecular formula is C28H32N2O3S.